The van der Waals surface area contributed by atoms with Crippen molar-refractivity contribution in [3.63, 3.8) is 0 Å². The predicted molar refractivity (Wildman–Crippen MR) is 204 cm³/mol. The highest BCUT2D eigenvalue weighted by molar-refractivity contribution is 6.24. The molecule has 1 aliphatic heterocycles. The number of hydrogen-bond acceptors (Lipinski definition) is 5. The molecular formula is C45H29N3O2. The van der Waals surface area contributed by atoms with E-state index in [1.807, 2.05) is 72.8 Å². The number of furan rings is 2. The van der Waals surface area contributed by atoms with Crippen LogP contribution in [0.2, 0.25) is 0 Å². The molecule has 3 heterocycles. The Morgan fingerprint density at radius 2 is 1.02 bits per heavy atom. The first-order chi connectivity index (χ1) is 24.8. The van der Waals surface area contributed by atoms with Gasteiger partial charge in [-0.05, 0) is 64.2 Å². The molecule has 0 saturated heterocycles. The summed E-state index contributed by atoms with van der Waals surface area (Å²) in [5.41, 5.74) is 10.9. The molecule has 0 radical (unpaired) electrons. The maximum Gasteiger partial charge on any atom is 0.159 e. The van der Waals surface area contributed by atoms with E-state index in [0.29, 0.717) is 5.84 Å². The highest BCUT2D eigenvalue weighted by Gasteiger charge is 2.25. The molecule has 1 atom stereocenters. The van der Waals surface area contributed by atoms with E-state index < -0.39 is 0 Å². The van der Waals surface area contributed by atoms with Crippen molar-refractivity contribution in [1.29, 1.82) is 0 Å². The van der Waals surface area contributed by atoms with E-state index in [-0.39, 0.29) is 6.17 Å². The molecule has 0 saturated carbocycles. The predicted octanol–water partition coefficient (Wildman–Crippen LogP) is 11.3. The van der Waals surface area contributed by atoms with Crippen molar-refractivity contribution in [3.8, 4) is 22.3 Å². The van der Waals surface area contributed by atoms with Gasteiger partial charge in [0.05, 0.1) is 0 Å². The number of amidine groups is 2. The minimum atomic E-state index is -0.339. The molecule has 5 heteroatoms. The summed E-state index contributed by atoms with van der Waals surface area (Å²) in [4.78, 5) is 10.4. The number of hydrogen-bond donors (Lipinski definition) is 1. The minimum Gasteiger partial charge on any atom is -0.456 e. The maximum atomic E-state index is 6.52. The van der Waals surface area contributed by atoms with E-state index in [1.165, 1.54) is 11.1 Å². The number of fused-ring (bicyclic) bond motifs is 6. The van der Waals surface area contributed by atoms with Gasteiger partial charge < -0.3 is 14.2 Å². The lowest BCUT2D eigenvalue weighted by Crippen LogP contribution is -2.33. The van der Waals surface area contributed by atoms with Gasteiger partial charge in [0.25, 0.3) is 0 Å². The van der Waals surface area contributed by atoms with Crippen LogP contribution in [0.5, 0.6) is 0 Å². The molecule has 0 aliphatic carbocycles. The molecule has 0 fully saturated rings. The second kappa shape index (κ2) is 11.5. The lowest BCUT2D eigenvalue weighted by Gasteiger charge is -2.24. The molecule has 0 bridgehead atoms. The standard InChI is InChI=1S/C45H29N3O2/c1-3-11-28(12-4-1)29-21-23-30(24-22-29)33-16-9-19-39-41(33)42-35(17-10-20-40(42)50-39)45-47-43(31-13-5-2-6-14-31)46-44(48-45)32-25-26-38-36(27-32)34-15-7-8-18-37(34)49-38/h1-27,43H,(H,46,47,48). The zero-order valence-electron chi connectivity index (χ0n) is 26.9. The fourth-order valence-electron chi connectivity index (χ4n) is 7.16. The van der Waals surface area contributed by atoms with Crippen LogP contribution in [0, 0.1) is 0 Å². The van der Waals surface area contributed by atoms with Gasteiger partial charge in [-0.15, -0.1) is 0 Å². The SMILES string of the molecule is c1ccc(-c2ccc(-c3cccc4oc5cccc(C6=NC(c7ccc8oc9ccccc9c8c7)=NC(c7ccccc7)N6)c5c34)cc2)cc1. The number of para-hydroxylation sites is 1. The number of aliphatic imine (C=N–C) groups is 2. The Morgan fingerprint density at radius 3 is 1.82 bits per heavy atom. The zero-order valence-corrected chi connectivity index (χ0v) is 26.9. The summed E-state index contributed by atoms with van der Waals surface area (Å²) in [6.45, 7) is 0. The molecule has 1 aliphatic rings. The normalized spacial score (nSPS) is 14.6. The molecule has 1 unspecified atom stereocenters. The molecule has 5 nitrogen and oxygen atoms in total. The van der Waals surface area contributed by atoms with E-state index in [4.69, 9.17) is 18.8 Å². The first-order valence-electron chi connectivity index (χ1n) is 16.8. The summed E-state index contributed by atoms with van der Waals surface area (Å²) < 4.78 is 12.7. The molecule has 9 aromatic rings. The lowest BCUT2D eigenvalue weighted by molar-refractivity contribution is 0.667. The van der Waals surface area contributed by atoms with Crippen LogP contribution in [-0.2, 0) is 0 Å². The fraction of sp³-hybridized carbons (Fsp3) is 0.0222. The van der Waals surface area contributed by atoms with E-state index in [1.54, 1.807) is 0 Å². The first kappa shape index (κ1) is 28.3. The van der Waals surface area contributed by atoms with Crippen molar-refractivity contribution >= 4 is 55.5 Å². The van der Waals surface area contributed by atoms with Gasteiger partial charge in [-0.25, -0.2) is 9.98 Å². The Labute approximate surface area is 287 Å². The molecule has 0 amide bonds. The summed E-state index contributed by atoms with van der Waals surface area (Å²) in [5.74, 6) is 1.39. The van der Waals surface area contributed by atoms with Crippen molar-refractivity contribution in [2.45, 2.75) is 6.17 Å². The second-order valence-electron chi connectivity index (χ2n) is 12.6. The molecule has 0 spiro atoms. The zero-order chi connectivity index (χ0) is 33.0. The molecule has 50 heavy (non-hydrogen) atoms. The second-order valence-corrected chi connectivity index (χ2v) is 12.6. The average Bonchev–Trinajstić information content (AvgIpc) is 3.77. The summed E-state index contributed by atoms with van der Waals surface area (Å²) in [5, 5.41) is 7.86. The number of nitrogens with zero attached hydrogens (tertiary/aromatic N) is 2. The van der Waals surface area contributed by atoms with E-state index >= 15 is 0 Å². The first-order valence-corrected chi connectivity index (χ1v) is 16.8. The third-order valence-corrected chi connectivity index (χ3v) is 9.57. The average molecular weight is 644 g/mol. The highest BCUT2D eigenvalue weighted by atomic mass is 16.3. The maximum absolute atomic E-state index is 6.52. The van der Waals surface area contributed by atoms with Crippen LogP contribution in [0.3, 0.4) is 0 Å². The minimum absolute atomic E-state index is 0.339. The van der Waals surface area contributed by atoms with Crippen LogP contribution in [0.15, 0.2) is 183 Å². The van der Waals surface area contributed by atoms with Gasteiger partial charge in [0, 0.05) is 32.7 Å². The molecule has 1 N–H and O–H groups in total. The van der Waals surface area contributed by atoms with Crippen molar-refractivity contribution in [2.24, 2.45) is 9.98 Å². The van der Waals surface area contributed by atoms with Crippen LogP contribution in [0.4, 0.5) is 0 Å². The summed E-state index contributed by atoms with van der Waals surface area (Å²) >= 11 is 0. The van der Waals surface area contributed by atoms with Crippen molar-refractivity contribution < 1.29 is 8.83 Å². The van der Waals surface area contributed by atoms with Crippen LogP contribution in [-0.4, -0.2) is 11.7 Å². The number of nitrogens with one attached hydrogen (secondary N) is 1. The largest absolute Gasteiger partial charge is 0.456 e. The Bertz CT molecular complexity index is 2770. The van der Waals surface area contributed by atoms with Gasteiger partial charge in [-0.2, -0.15) is 0 Å². The molecule has 7 aromatic carbocycles. The third-order valence-electron chi connectivity index (χ3n) is 9.57. The van der Waals surface area contributed by atoms with Gasteiger partial charge in [-0.3, -0.25) is 0 Å². The quantitative estimate of drug-likeness (QED) is 0.203. The van der Waals surface area contributed by atoms with Gasteiger partial charge in [-0.1, -0.05) is 127 Å². The summed E-state index contributed by atoms with van der Waals surface area (Å²) in [6, 6.07) is 56.3. The van der Waals surface area contributed by atoms with Gasteiger partial charge >= 0.3 is 0 Å². The van der Waals surface area contributed by atoms with Gasteiger partial charge in [0.2, 0.25) is 0 Å². The van der Waals surface area contributed by atoms with Gasteiger partial charge in [0.15, 0.2) is 5.84 Å². The monoisotopic (exact) mass is 643 g/mol. The van der Waals surface area contributed by atoms with Crippen LogP contribution in [0.1, 0.15) is 22.9 Å². The van der Waals surface area contributed by atoms with E-state index in [0.717, 1.165) is 77.5 Å². The third kappa shape index (κ3) is 4.71. The number of rotatable bonds is 5. The summed E-state index contributed by atoms with van der Waals surface area (Å²) in [6.07, 6.45) is -0.339. The highest BCUT2D eigenvalue weighted by Crippen LogP contribution is 2.40. The molecule has 2 aromatic heterocycles. The van der Waals surface area contributed by atoms with Crippen molar-refractivity contribution in [3.05, 3.63) is 180 Å². The smallest absolute Gasteiger partial charge is 0.159 e. The van der Waals surface area contributed by atoms with Crippen LogP contribution in [0.25, 0.3) is 66.1 Å². The number of benzene rings is 7. The molecular weight excluding hydrogens is 615 g/mol. The van der Waals surface area contributed by atoms with Crippen LogP contribution < -0.4 is 5.32 Å². The Balaban J connectivity index is 1.14. The Hall–Kier alpha value is -6.72. The van der Waals surface area contributed by atoms with E-state index in [2.05, 4.69) is 96.3 Å². The Kier molecular flexibility index (Phi) is 6.49. The molecule has 10 rings (SSSR count). The lowest BCUT2D eigenvalue weighted by atomic mass is 9.95. The Morgan fingerprint density at radius 1 is 0.440 bits per heavy atom. The fourth-order valence-corrected chi connectivity index (χ4v) is 7.16. The topological polar surface area (TPSA) is 63.0 Å². The van der Waals surface area contributed by atoms with Gasteiger partial charge in [0.1, 0.15) is 34.3 Å². The molecule has 236 valence electrons. The van der Waals surface area contributed by atoms with Crippen molar-refractivity contribution in [2.75, 3.05) is 0 Å². The van der Waals surface area contributed by atoms with Crippen molar-refractivity contribution in [1.82, 2.24) is 5.32 Å². The van der Waals surface area contributed by atoms with E-state index in [9.17, 15) is 0 Å². The summed E-state index contributed by atoms with van der Waals surface area (Å²) in [7, 11) is 0. The van der Waals surface area contributed by atoms with Crippen LogP contribution >= 0.6 is 0 Å².